The molecule has 0 aliphatic carbocycles. The summed E-state index contributed by atoms with van der Waals surface area (Å²) in [4.78, 5) is 6.50. The van der Waals surface area contributed by atoms with Gasteiger partial charge in [0.15, 0.2) is 0 Å². The van der Waals surface area contributed by atoms with Gasteiger partial charge in [0.25, 0.3) is 0 Å². The molecule has 3 nitrogen and oxygen atoms in total. The molecule has 2 rings (SSSR count). The number of aromatic nitrogens is 1. The molecule has 14 heavy (non-hydrogen) atoms. The Labute approximate surface area is 91.9 Å². The highest BCUT2D eigenvalue weighted by Gasteiger charge is 2.37. The van der Waals surface area contributed by atoms with Crippen LogP contribution in [-0.4, -0.2) is 28.8 Å². The summed E-state index contributed by atoms with van der Waals surface area (Å²) >= 11 is 3.41. The number of pyridine rings is 1. The lowest BCUT2D eigenvalue weighted by Crippen LogP contribution is -2.60. The standard InChI is InChI=1S/C10H13BrN2O/c1-7-8(11)3-4-9(12-7)13-5-10(2,14)6-13/h3-4,14H,5-6H2,1-2H3. The third kappa shape index (κ3) is 1.77. The van der Waals surface area contributed by atoms with Crippen molar-refractivity contribution in [2.45, 2.75) is 19.4 Å². The van der Waals surface area contributed by atoms with Crippen LogP contribution in [0.2, 0.25) is 0 Å². The zero-order valence-corrected chi connectivity index (χ0v) is 9.87. The summed E-state index contributed by atoms with van der Waals surface area (Å²) in [5, 5.41) is 9.59. The Bertz CT molecular complexity index is 357. The lowest BCUT2D eigenvalue weighted by atomic mass is 9.97. The van der Waals surface area contributed by atoms with Crippen molar-refractivity contribution < 1.29 is 5.11 Å². The van der Waals surface area contributed by atoms with Crippen LogP contribution < -0.4 is 4.90 Å². The highest BCUT2D eigenvalue weighted by atomic mass is 79.9. The molecule has 1 aromatic heterocycles. The Balaban J connectivity index is 2.16. The fourth-order valence-corrected chi connectivity index (χ4v) is 1.87. The second-order valence-electron chi connectivity index (χ2n) is 4.09. The van der Waals surface area contributed by atoms with Crippen LogP contribution in [0.1, 0.15) is 12.6 Å². The molecular formula is C10H13BrN2O. The molecule has 1 aliphatic rings. The minimum atomic E-state index is -0.539. The van der Waals surface area contributed by atoms with Gasteiger partial charge in [-0.1, -0.05) is 0 Å². The van der Waals surface area contributed by atoms with Gasteiger partial charge in [-0.25, -0.2) is 4.98 Å². The van der Waals surface area contributed by atoms with Gasteiger partial charge in [-0.05, 0) is 41.9 Å². The summed E-state index contributed by atoms with van der Waals surface area (Å²) in [7, 11) is 0. The largest absolute Gasteiger partial charge is 0.386 e. The van der Waals surface area contributed by atoms with E-state index < -0.39 is 5.60 Å². The van der Waals surface area contributed by atoms with Crippen molar-refractivity contribution >= 4 is 21.7 Å². The second kappa shape index (κ2) is 3.21. The van der Waals surface area contributed by atoms with Gasteiger partial charge in [-0.15, -0.1) is 0 Å². The van der Waals surface area contributed by atoms with Crippen LogP contribution in [-0.2, 0) is 0 Å². The minimum absolute atomic E-state index is 0.539. The zero-order chi connectivity index (χ0) is 10.3. The van der Waals surface area contributed by atoms with E-state index in [2.05, 4.69) is 25.8 Å². The number of β-amino-alcohol motifs (C(OH)–C–C–N with tert-alkyl or cyclic N) is 1. The third-order valence-corrected chi connectivity index (χ3v) is 3.23. The van der Waals surface area contributed by atoms with E-state index in [1.807, 2.05) is 26.0 Å². The van der Waals surface area contributed by atoms with Crippen molar-refractivity contribution in [1.29, 1.82) is 0 Å². The first-order valence-corrected chi connectivity index (χ1v) is 5.38. The molecule has 0 spiro atoms. The maximum Gasteiger partial charge on any atom is 0.129 e. The smallest absolute Gasteiger partial charge is 0.129 e. The zero-order valence-electron chi connectivity index (χ0n) is 8.29. The van der Waals surface area contributed by atoms with Crippen LogP contribution in [0.3, 0.4) is 0 Å². The van der Waals surface area contributed by atoms with Gasteiger partial charge < -0.3 is 10.0 Å². The number of hydrogen-bond acceptors (Lipinski definition) is 3. The van der Waals surface area contributed by atoms with Gasteiger partial charge >= 0.3 is 0 Å². The lowest BCUT2D eigenvalue weighted by Gasteiger charge is -2.45. The first-order valence-electron chi connectivity index (χ1n) is 4.58. The van der Waals surface area contributed by atoms with Gasteiger partial charge in [-0.2, -0.15) is 0 Å². The molecule has 0 atom stereocenters. The quantitative estimate of drug-likeness (QED) is 0.832. The van der Waals surface area contributed by atoms with Gasteiger partial charge in [-0.3, -0.25) is 0 Å². The third-order valence-electron chi connectivity index (χ3n) is 2.39. The monoisotopic (exact) mass is 256 g/mol. The molecule has 1 aromatic rings. The van der Waals surface area contributed by atoms with E-state index >= 15 is 0 Å². The molecule has 4 heteroatoms. The number of halogens is 1. The number of anilines is 1. The highest BCUT2D eigenvalue weighted by molar-refractivity contribution is 9.10. The first-order chi connectivity index (χ1) is 6.48. The maximum absolute atomic E-state index is 9.59. The highest BCUT2D eigenvalue weighted by Crippen LogP contribution is 2.27. The Morgan fingerprint density at radius 1 is 1.50 bits per heavy atom. The number of hydrogen-bond donors (Lipinski definition) is 1. The van der Waals surface area contributed by atoms with Crippen molar-refractivity contribution in [2.24, 2.45) is 0 Å². The van der Waals surface area contributed by atoms with Crippen LogP contribution in [0.25, 0.3) is 0 Å². The molecule has 0 aromatic carbocycles. The summed E-state index contributed by atoms with van der Waals surface area (Å²) < 4.78 is 1.02. The molecule has 1 saturated heterocycles. The molecule has 2 heterocycles. The van der Waals surface area contributed by atoms with Gasteiger partial charge in [0, 0.05) is 17.6 Å². The lowest BCUT2D eigenvalue weighted by molar-refractivity contribution is 0.0305. The predicted octanol–water partition coefficient (Wildman–Crippen LogP) is 1.72. The molecule has 1 aliphatic heterocycles. The van der Waals surface area contributed by atoms with Crippen LogP contribution >= 0.6 is 15.9 Å². The molecule has 76 valence electrons. The molecule has 0 bridgehead atoms. The maximum atomic E-state index is 9.59. The van der Waals surface area contributed by atoms with Gasteiger partial charge in [0.1, 0.15) is 5.82 Å². The minimum Gasteiger partial charge on any atom is -0.386 e. The van der Waals surface area contributed by atoms with E-state index in [9.17, 15) is 5.11 Å². The SMILES string of the molecule is Cc1nc(N2CC(C)(O)C2)ccc1Br. The summed E-state index contributed by atoms with van der Waals surface area (Å²) in [6.45, 7) is 5.14. The van der Waals surface area contributed by atoms with E-state index in [0.29, 0.717) is 13.1 Å². The Kier molecular flexibility index (Phi) is 2.27. The normalized spacial score (nSPS) is 19.3. The van der Waals surface area contributed by atoms with Crippen LogP contribution in [0.4, 0.5) is 5.82 Å². The average molecular weight is 257 g/mol. The molecule has 0 radical (unpaired) electrons. The molecular weight excluding hydrogens is 244 g/mol. The Morgan fingerprint density at radius 2 is 2.14 bits per heavy atom. The van der Waals surface area contributed by atoms with Crippen molar-refractivity contribution in [3.05, 3.63) is 22.3 Å². The predicted molar refractivity (Wildman–Crippen MR) is 59.5 cm³/mol. The van der Waals surface area contributed by atoms with E-state index in [1.165, 1.54) is 0 Å². The first kappa shape index (κ1) is 9.93. The van der Waals surface area contributed by atoms with Crippen molar-refractivity contribution in [3.63, 3.8) is 0 Å². The fraction of sp³-hybridized carbons (Fsp3) is 0.500. The fourth-order valence-electron chi connectivity index (χ4n) is 1.64. The molecule has 0 unspecified atom stereocenters. The summed E-state index contributed by atoms with van der Waals surface area (Å²) in [5.41, 5.74) is 0.442. The topological polar surface area (TPSA) is 36.4 Å². The van der Waals surface area contributed by atoms with Crippen molar-refractivity contribution in [2.75, 3.05) is 18.0 Å². The van der Waals surface area contributed by atoms with Gasteiger partial charge in [0.05, 0.1) is 11.3 Å². The molecule has 0 saturated carbocycles. The Morgan fingerprint density at radius 3 is 2.64 bits per heavy atom. The van der Waals surface area contributed by atoms with Crippen molar-refractivity contribution in [1.82, 2.24) is 4.98 Å². The van der Waals surface area contributed by atoms with Crippen molar-refractivity contribution in [3.8, 4) is 0 Å². The van der Waals surface area contributed by atoms with E-state index in [0.717, 1.165) is 16.0 Å². The molecule has 0 amide bonds. The van der Waals surface area contributed by atoms with Crippen LogP contribution in [0.15, 0.2) is 16.6 Å². The average Bonchev–Trinajstić information content (AvgIpc) is 2.06. The van der Waals surface area contributed by atoms with E-state index in [4.69, 9.17) is 0 Å². The van der Waals surface area contributed by atoms with E-state index in [1.54, 1.807) is 0 Å². The number of aryl methyl sites for hydroxylation is 1. The van der Waals surface area contributed by atoms with Crippen LogP contribution in [0.5, 0.6) is 0 Å². The molecule has 1 fully saturated rings. The summed E-state index contributed by atoms with van der Waals surface area (Å²) in [6, 6.07) is 3.96. The summed E-state index contributed by atoms with van der Waals surface area (Å²) in [6.07, 6.45) is 0. The van der Waals surface area contributed by atoms with Gasteiger partial charge in [0.2, 0.25) is 0 Å². The number of nitrogens with zero attached hydrogens (tertiary/aromatic N) is 2. The second-order valence-corrected chi connectivity index (χ2v) is 4.94. The van der Waals surface area contributed by atoms with E-state index in [-0.39, 0.29) is 0 Å². The molecule has 1 N–H and O–H groups in total. The number of aliphatic hydroxyl groups is 1. The number of rotatable bonds is 1. The summed E-state index contributed by atoms with van der Waals surface area (Å²) in [5.74, 6) is 0.942. The van der Waals surface area contributed by atoms with Crippen LogP contribution in [0, 0.1) is 6.92 Å². The Hall–Kier alpha value is -0.610.